The quantitative estimate of drug-likeness (QED) is 0.855. The van der Waals surface area contributed by atoms with Gasteiger partial charge in [-0.2, -0.15) is 0 Å². The van der Waals surface area contributed by atoms with Gasteiger partial charge in [-0.1, -0.05) is 12.1 Å². The van der Waals surface area contributed by atoms with Crippen LogP contribution in [-0.2, 0) is 6.54 Å². The van der Waals surface area contributed by atoms with E-state index in [1.165, 1.54) is 37.9 Å². The Labute approximate surface area is 121 Å². The lowest BCUT2D eigenvalue weighted by Crippen LogP contribution is -2.44. The van der Waals surface area contributed by atoms with E-state index in [4.69, 9.17) is 10.6 Å². The first-order valence-corrected chi connectivity index (χ1v) is 7.54. The van der Waals surface area contributed by atoms with Crippen molar-refractivity contribution < 1.29 is 4.74 Å². The Hall–Kier alpha value is -1.10. The largest absolute Gasteiger partial charge is 0.497 e. The highest BCUT2D eigenvalue weighted by Crippen LogP contribution is 2.40. The molecule has 0 amide bonds. The van der Waals surface area contributed by atoms with Crippen LogP contribution in [0.15, 0.2) is 24.3 Å². The number of ether oxygens (including phenoxy) is 1. The minimum absolute atomic E-state index is 0.530. The lowest BCUT2D eigenvalue weighted by molar-refractivity contribution is 0.107. The molecule has 2 aliphatic rings. The van der Waals surface area contributed by atoms with Crippen molar-refractivity contribution in [2.75, 3.05) is 33.3 Å². The summed E-state index contributed by atoms with van der Waals surface area (Å²) in [7, 11) is 1.71. The molecule has 2 saturated heterocycles. The molecule has 0 unspecified atom stereocenters. The molecular weight excluding hydrogens is 250 g/mol. The maximum absolute atomic E-state index is 5.88. The van der Waals surface area contributed by atoms with E-state index in [0.717, 1.165) is 25.4 Å². The van der Waals surface area contributed by atoms with Crippen LogP contribution >= 0.6 is 0 Å². The van der Waals surface area contributed by atoms with Crippen molar-refractivity contribution >= 4 is 0 Å². The standard InChI is InChI=1S/C16H25N3O/c1-20-15-4-2-14(3-5-15)12-18-9-6-16(13-18)7-10-19(17)11-8-16/h2-5H,6-13,17H2,1H3. The van der Waals surface area contributed by atoms with Crippen molar-refractivity contribution in [3.8, 4) is 5.75 Å². The molecule has 4 heteroatoms. The number of piperidine rings is 1. The minimum atomic E-state index is 0.530. The number of hydrogen-bond donors (Lipinski definition) is 1. The molecule has 20 heavy (non-hydrogen) atoms. The highest BCUT2D eigenvalue weighted by molar-refractivity contribution is 5.27. The summed E-state index contributed by atoms with van der Waals surface area (Å²) in [5.74, 6) is 6.81. The van der Waals surface area contributed by atoms with Gasteiger partial charge in [0.15, 0.2) is 0 Å². The smallest absolute Gasteiger partial charge is 0.118 e. The van der Waals surface area contributed by atoms with E-state index >= 15 is 0 Å². The second-order valence-electron chi connectivity index (χ2n) is 6.34. The summed E-state index contributed by atoms with van der Waals surface area (Å²) < 4.78 is 5.21. The Morgan fingerprint density at radius 2 is 1.75 bits per heavy atom. The van der Waals surface area contributed by atoms with Crippen LogP contribution < -0.4 is 10.6 Å². The first-order chi connectivity index (χ1) is 9.69. The highest BCUT2D eigenvalue weighted by Gasteiger charge is 2.39. The Kier molecular flexibility index (Phi) is 3.96. The van der Waals surface area contributed by atoms with Crippen molar-refractivity contribution in [3.63, 3.8) is 0 Å². The molecule has 110 valence electrons. The number of methoxy groups -OCH3 is 1. The minimum Gasteiger partial charge on any atom is -0.497 e. The molecular formula is C16H25N3O. The van der Waals surface area contributed by atoms with Gasteiger partial charge in [-0.05, 0) is 48.9 Å². The van der Waals surface area contributed by atoms with Crippen LogP contribution in [0.4, 0.5) is 0 Å². The predicted molar refractivity (Wildman–Crippen MR) is 80.3 cm³/mol. The van der Waals surface area contributed by atoms with Crippen LogP contribution in [0.2, 0.25) is 0 Å². The van der Waals surface area contributed by atoms with Gasteiger partial charge in [0, 0.05) is 26.2 Å². The second-order valence-corrected chi connectivity index (χ2v) is 6.34. The van der Waals surface area contributed by atoms with Crippen molar-refractivity contribution in [2.24, 2.45) is 11.3 Å². The molecule has 0 aromatic heterocycles. The van der Waals surface area contributed by atoms with E-state index in [-0.39, 0.29) is 0 Å². The van der Waals surface area contributed by atoms with E-state index in [2.05, 4.69) is 17.0 Å². The summed E-state index contributed by atoms with van der Waals surface area (Å²) in [6, 6.07) is 8.45. The first kappa shape index (κ1) is 13.9. The summed E-state index contributed by atoms with van der Waals surface area (Å²) in [6.45, 7) is 5.61. The van der Waals surface area contributed by atoms with Crippen LogP contribution in [0.5, 0.6) is 5.75 Å². The van der Waals surface area contributed by atoms with Crippen molar-refractivity contribution in [1.82, 2.24) is 9.91 Å². The molecule has 0 radical (unpaired) electrons. The average molecular weight is 275 g/mol. The summed E-state index contributed by atoms with van der Waals surface area (Å²) in [6.07, 6.45) is 3.84. The van der Waals surface area contributed by atoms with Crippen LogP contribution in [0.3, 0.4) is 0 Å². The van der Waals surface area contributed by atoms with Crippen LogP contribution in [0, 0.1) is 5.41 Å². The SMILES string of the molecule is COc1ccc(CN2CCC3(CCN(N)CC3)C2)cc1. The van der Waals surface area contributed by atoms with E-state index in [1.54, 1.807) is 7.11 Å². The first-order valence-electron chi connectivity index (χ1n) is 7.54. The third kappa shape index (κ3) is 2.97. The fraction of sp³-hybridized carbons (Fsp3) is 0.625. The number of rotatable bonds is 3. The predicted octanol–water partition coefficient (Wildman–Crippen LogP) is 1.86. The average Bonchev–Trinajstić information content (AvgIpc) is 2.86. The van der Waals surface area contributed by atoms with Gasteiger partial charge in [-0.3, -0.25) is 10.7 Å². The van der Waals surface area contributed by atoms with Crippen LogP contribution in [-0.4, -0.2) is 43.2 Å². The number of likely N-dealkylation sites (tertiary alicyclic amines) is 1. The third-order valence-electron chi connectivity index (χ3n) is 4.94. The highest BCUT2D eigenvalue weighted by atomic mass is 16.5. The van der Waals surface area contributed by atoms with E-state index < -0.39 is 0 Å². The number of hydrogen-bond acceptors (Lipinski definition) is 4. The van der Waals surface area contributed by atoms with Gasteiger partial charge < -0.3 is 4.74 Å². The Morgan fingerprint density at radius 3 is 2.40 bits per heavy atom. The monoisotopic (exact) mass is 275 g/mol. The zero-order valence-electron chi connectivity index (χ0n) is 12.3. The van der Waals surface area contributed by atoms with Gasteiger partial charge in [0.1, 0.15) is 5.75 Å². The molecule has 1 aromatic rings. The zero-order valence-corrected chi connectivity index (χ0v) is 12.3. The fourth-order valence-corrected chi connectivity index (χ4v) is 3.56. The topological polar surface area (TPSA) is 41.7 Å². The van der Waals surface area contributed by atoms with Crippen molar-refractivity contribution in [2.45, 2.75) is 25.8 Å². The summed E-state index contributed by atoms with van der Waals surface area (Å²) in [4.78, 5) is 2.59. The lowest BCUT2D eigenvalue weighted by atomic mass is 9.78. The molecule has 2 N–H and O–H groups in total. The summed E-state index contributed by atoms with van der Waals surface area (Å²) >= 11 is 0. The third-order valence-corrected chi connectivity index (χ3v) is 4.94. The summed E-state index contributed by atoms with van der Waals surface area (Å²) in [5.41, 5.74) is 1.90. The molecule has 2 fully saturated rings. The molecule has 0 aliphatic carbocycles. The van der Waals surface area contributed by atoms with Crippen LogP contribution in [0.25, 0.3) is 0 Å². The van der Waals surface area contributed by atoms with Gasteiger partial charge in [-0.25, -0.2) is 5.01 Å². The molecule has 1 aromatic carbocycles. The van der Waals surface area contributed by atoms with Gasteiger partial charge in [0.05, 0.1) is 7.11 Å². The maximum Gasteiger partial charge on any atom is 0.118 e. The van der Waals surface area contributed by atoms with Crippen molar-refractivity contribution in [1.29, 1.82) is 0 Å². The molecule has 2 heterocycles. The zero-order chi connectivity index (χ0) is 14.0. The molecule has 0 bridgehead atoms. The summed E-state index contributed by atoms with van der Waals surface area (Å²) in [5, 5.41) is 1.97. The van der Waals surface area contributed by atoms with Gasteiger partial charge in [-0.15, -0.1) is 0 Å². The molecule has 2 aliphatic heterocycles. The number of hydrazine groups is 1. The molecule has 1 spiro atoms. The van der Waals surface area contributed by atoms with E-state index in [1.807, 2.05) is 17.1 Å². The Bertz CT molecular complexity index is 438. The normalized spacial score (nSPS) is 23.3. The van der Waals surface area contributed by atoms with E-state index in [9.17, 15) is 0 Å². The maximum atomic E-state index is 5.88. The lowest BCUT2D eigenvalue weighted by Gasteiger charge is -2.37. The Balaban J connectivity index is 1.57. The number of nitrogens with two attached hydrogens (primary N) is 1. The molecule has 0 saturated carbocycles. The molecule has 4 nitrogen and oxygen atoms in total. The second kappa shape index (κ2) is 5.72. The molecule has 0 atom stereocenters. The van der Waals surface area contributed by atoms with E-state index in [0.29, 0.717) is 5.41 Å². The number of benzene rings is 1. The van der Waals surface area contributed by atoms with Gasteiger partial charge in [0.2, 0.25) is 0 Å². The Morgan fingerprint density at radius 1 is 1.10 bits per heavy atom. The molecule has 3 rings (SSSR count). The van der Waals surface area contributed by atoms with Gasteiger partial charge >= 0.3 is 0 Å². The van der Waals surface area contributed by atoms with Gasteiger partial charge in [0.25, 0.3) is 0 Å². The fourth-order valence-electron chi connectivity index (χ4n) is 3.56. The number of nitrogens with zero attached hydrogens (tertiary/aromatic N) is 2. The van der Waals surface area contributed by atoms with Crippen LogP contribution in [0.1, 0.15) is 24.8 Å². The van der Waals surface area contributed by atoms with Crippen molar-refractivity contribution in [3.05, 3.63) is 29.8 Å².